The van der Waals surface area contributed by atoms with Crippen molar-refractivity contribution in [3.05, 3.63) is 5.73 Å². The van der Waals surface area contributed by atoms with Crippen LogP contribution in [0.4, 0.5) is 4.79 Å². The molecule has 0 saturated carbocycles. The number of thiol groups is 1. The molecule has 0 fully saturated rings. The predicted molar refractivity (Wildman–Crippen MR) is 26.3 cm³/mol. The number of nitrogens with one attached hydrogen (secondary N) is 1. The molecule has 0 aromatic rings. The van der Waals surface area contributed by atoms with E-state index in [4.69, 9.17) is 5.73 Å². The summed E-state index contributed by atoms with van der Waals surface area (Å²) >= 11 is 3.40. The first-order valence-electron chi connectivity index (χ1n) is 0.841. The number of hydrogen-bond donors (Lipinski definition) is 1. The smallest absolute Gasteiger partial charge is 0.117 e. The van der Waals surface area contributed by atoms with Gasteiger partial charge in [-0.15, -0.1) is 11.7 Å². The third kappa shape index (κ3) is 8.85. The molecule has 0 aliphatic carbocycles. The van der Waals surface area contributed by atoms with Crippen LogP contribution in [0, 0.1) is 0 Å². The Morgan fingerprint density at radius 3 is 2.00 bits per heavy atom. The van der Waals surface area contributed by atoms with Gasteiger partial charge in [-0.3, -0.25) is 0 Å². The van der Waals surface area contributed by atoms with Crippen molar-refractivity contribution in [1.82, 2.24) is 0 Å². The van der Waals surface area contributed by atoms with Crippen LogP contribution < -0.4 is 0 Å². The van der Waals surface area contributed by atoms with Crippen LogP contribution in [-0.4, -0.2) is 5.24 Å². The molecule has 0 aliphatic heterocycles. The van der Waals surface area contributed by atoms with Crippen molar-refractivity contribution in [2.45, 2.75) is 0 Å². The Labute approximate surface area is 59.3 Å². The Hall–Kier alpha value is 0.858. The summed E-state index contributed by atoms with van der Waals surface area (Å²) < 4.78 is 0. The van der Waals surface area contributed by atoms with E-state index in [1.165, 1.54) is 0 Å². The van der Waals surface area contributed by atoms with Crippen LogP contribution in [0.2, 0.25) is 0 Å². The standard InChI is InChI=1S/CH3NOS2.Mo/c2-1(3)5-4;/h(H3,2,3,4);/p-1. The first-order valence-corrected chi connectivity index (χ1v) is 2.71. The van der Waals surface area contributed by atoms with E-state index in [1.54, 1.807) is 0 Å². The van der Waals surface area contributed by atoms with Crippen molar-refractivity contribution in [2.24, 2.45) is 0 Å². The molecule has 0 spiro atoms. The largest absolute Gasteiger partial charge is 0.658 e. The van der Waals surface area contributed by atoms with E-state index >= 15 is 0 Å². The van der Waals surface area contributed by atoms with E-state index in [1.807, 2.05) is 0 Å². The molecule has 0 bridgehead atoms. The molecular weight excluding hydrogens is 202 g/mol. The van der Waals surface area contributed by atoms with Gasteiger partial charge in [0.15, 0.2) is 0 Å². The summed E-state index contributed by atoms with van der Waals surface area (Å²) in [5.41, 5.74) is 6.07. The van der Waals surface area contributed by atoms with Gasteiger partial charge in [0.05, 0.1) is 0 Å². The van der Waals surface area contributed by atoms with Crippen LogP contribution in [0.3, 0.4) is 0 Å². The number of rotatable bonds is 0. The second kappa shape index (κ2) is 5.86. The molecule has 1 amide bonds. The first kappa shape index (κ1) is 9.97. The second-order valence-electron chi connectivity index (χ2n) is 0.379. The fourth-order valence-corrected chi connectivity index (χ4v) is 0. The zero-order valence-electron chi connectivity index (χ0n) is 2.67. The fraction of sp³-hybridized carbons (Fsp3) is 0. The molecule has 6 heavy (non-hydrogen) atoms. The summed E-state index contributed by atoms with van der Waals surface area (Å²) in [7, 11) is 0.602. The van der Waals surface area contributed by atoms with Crippen LogP contribution in [0.5, 0.6) is 0 Å². The number of carbonyl (C=O) groups is 1. The minimum absolute atomic E-state index is 0. The summed E-state index contributed by atoms with van der Waals surface area (Å²) in [5.74, 6) is 0. The molecule has 0 saturated heterocycles. The second-order valence-corrected chi connectivity index (χ2v) is 1.48. The average Bonchev–Trinajstić information content (AvgIpc) is 1.38. The van der Waals surface area contributed by atoms with Crippen molar-refractivity contribution in [1.29, 1.82) is 0 Å². The van der Waals surface area contributed by atoms with E-state index in [2.05, 4.69) is 11.7 Å². The van der Waals surface area contributed by atoms with Crippen LogP contribution in [0.1, 0.15) is 0 Å². The van der Waals surface area contributed by atoms with Gasteiger partial charge in [0, 0.05) is 21.1 Å². The van der Waals surface area contributed by atoms with Gasteiger partial charge < -0.3 is 10.5 Å². The van der Waals surface area contributed by atoms with Crippen molar-refractivity contribution < 1.29 is 25.9 Å². The van der Waals surface area contributed by atoms with E-state index in [9.17, 15) is 4.79 Å². The molecule has 1 N–H and O–H groups in total. The Balaban J connectivity index is 0. The number of amides is 1. The van der Waals surface area contributed by atoms with Gasteiger partial charge in [-0.1, -0.05) is 0 Å². The maximum absolute atomic E-state index is 9.37. The molecular formula is CH2MoNOS2-. The van der Waals surface area contributed by atoms with Gasteiger partial charge >= 0.3 is 0 Å². The van der Waals surface area contributed by atoms with Crippen molar-refractivity contribution in [3.8, 4) is 0 Å². The molecule has 0 atom stereocenters. The van der Waals surface area contributed by atoms with Gasteiger partial charge in [0.2, 0.25) is 0 Å². The summed E-state index contributed by atoms with van der Waals surface area (Å²) in [6.07, 6.45) is 0. The van der Waals surface area contributed by atoms with Gasteiger partial charge in [-0.05, 0) is 10.8 Å². The van der Waals surface area contributed by atoms with Gasteiger partial charge in [0.25, 0.3) is 0 Å². The Morgan fingerprint density at radius 2 is 2.00 bits per heavy atom. The van der Waals surface area contributed by atoms with E-state index in [-0.39, 0.29) is 21.1 Å². The van der Waals surface area contributed by atoms with Crippen LogP contribution >= 0.6 is 22.5 Å². The van der Waals surface area contributed by atoms with E-state index in [0.717, 1.165) is 0 Å². The summed E-state index contributed by atoms with van der Waals surface area (Å²) in [4.78, 5) is 9.37. The monoisotopic (exact) mass is 206 g/mol. The van der Waals surface area contributed by atoms with Gasteiger partial charge in [-0.2, -0.15) is 0 Å². The molecule has 0 unspecified atom stereocenters. The van der Waals surface area contributed by atoms with Crippen LogP contribution in [0.25, 0.3) is 5.73 Å². The predicted octanol–water partition coefficient (Wildman–Crippen LogP) is 1.73. The Morgan fingerprint density at radius 1 is 1.83 bits per heavy atom. The summed E-state index contributed by atoms with van der Waals surface area (Å²) in [6.45, 7) is 0. The third-order valence-corrected chi connectivity index (χ3v) is 0.746. The van der Waals surface area contributed by atoms with Crippen molar-refractivity contribution in [3.63, 3.8) is 0 Å². The minimum Gasteiger partial charge on any atom is -0.658 e. The van der Waals surface area contributed by atoms with Gasteiger partial charge in [-0.25, -0.2) is 0 Å². The minimum atomic E-state index is -0.715. The summed E-state index contributed by atoms with van der Waals surface area (Å²) in [6, 6.07) is 0. The Kier molecular flexibility index (Phi) is 9.74. The van der Waals surface area contributed by atoms with Crippen molar-refractivity contribution in [2.75, 3.05) is 0 Å². The zero-order chi connectivity index (χ0) is 4.28. The van der Waals surface area contributed by atoms with Crippen molar-refractivity contribution >= 4 is 27.7 Å². The molecule has 0 aromatic carbocycles. The van der Waals surface area contributed by atoms with E-state index in [0.29, 0.717) is 10.8 Å². The maximum Gasteiger partial charge on any atom is 0.117 e. The molecule has 5 heteroatoms. The maximum atomic E-state index is 9.37. The van der Waals surface area contributed by atoms with Crippen LogP contribution in [0.15, 0.2) is 0 Å². The normalized spacial score (nSPS) is 6.17. The topological polar surface area (TPSA) is 40.9 Å². The third-order valence-electron chi connectivity index (χ3n) is 0.0829. The van der Waals surface area contributed by atoms with E-state index < -0.39 is 5.24 Å². The zero-order valence-corrected chi connectivity index (χ0v) is 6.39. The first-order chi connectivity index (χ1) is 2.27. The number of carbonyl (C=O) groups excluding carboxylic acids is 1. The SMILES string of the molecule is [Mo].[NH-]C(=O)SS. The van der Waals surface area contributed by atoms with Gasteiger partial charge in [0.1, 0.15) is 5.24 Å². The molecule has 2 nitrogen and oxygen atoms in total. The average molecular weight is 204 g/mol. The molecule has 0 radical (unpaired) electrons. The molecule has 0 heterocycles. The summed E-state index contributed by atoms with van der Waals surface area (Å²) in [5, 5.41) is -0.715. The molecule has 0 rings (SSSR count). The fourth-order valence-electron chi connectivity index (χ4n) is 0. The molecule has 0 aromatic heterocycles. The van der Waals surface area contributed by atoms with Crippen LogP contribution in [-0.2, 0) is 21.1 Å². The Bertz CT molecular complexity index is 48.8. The molecule has 0 aliphatic rings. The quantitative estimate of drug-likeness (QED) is 0.371. The number of hydrogen-bond acceptors (Lipinski definition) is 3. The molecule has 36 valence electrons.